The highest BCUT2D eigenvalue weighted by atomic mass is 16.5. The zero-order valence-electron chi connectivity index (χ0n) is 10.6. The first-order valence-corrected chi connectivity index (χ1v) is 6.34. The fourth-order valence-electron chi connectivity index (χ4n) is 2.24. The van der Waals surface area contributed by atoms with Gasteiger partial charge in [-0.1, -0.05) is 13.0 Å². The third-order valence-corrected chi connectivity index (χ3v) is 3.26. The van der Waals surface area contributed by atoms with Crippen LogP contribution in [0.5, 0.6) is 5.75 Å². The lowest BCUT2D eigenvalue weighted by Crippen LogP contribution is -2.33. The van der Waals surface area contributed by atoms with Gasteiger partial charge in [-0.3, -0.25) is 0 Å². The van der Waals surface area contributed by atoms with Gasteiger partial charge in [0.15, 0.2) is 0 Å². The average Bonchev–Trinajstić information content (AvgIpc) is 2.39. The lowest BCUT2D eigenvalue weighted by molar-refractivity contribution is 0.00925. The zero-order valence-corrected chi connectivity index (χ0v) is 10.6. The molecule has 0 radical (unpaired) electrons. The van der Waals surface area contributed by atoms with Crippen LogP contribution in [0.1, 0.15) is 26.2 Å². The summed E-state index contributed by atoms with van der Waals surface area (Å²) in [6.07, 6.45) is 3.67. The number of ether oxygens (including phenoxy) is 2. The van der Waals surface area contributed by atoms with E-state index in [1.165, 1.54) is 0 Å². The van der Waals surface area contributed by atoms with Crippen LogP contribution in [0.25, 0.3) is 0 Å². The van der Waals surface area contributed by atoms with Crippen LogP contribution in [0.2, 0.25) is 0 Å². The van der Waals surface area contributed by atoms with Crippen molar-refractivity contribution in [1.29, 1.82) is 0 Å². The molecule has 1 aliphatic heterocycles. The Hall–Kier alpha value is -1.22. The van der Waals surface area contributed by atoms with E-state index in [1.54, 1.807) is 7.11 Å². The molecule has 0 aromatic heterocycles. The van der Waals surface area contributed by atoms with Crippen molar-refractivity contribution in [2.24, 2.45) is 0 Å². The third-order valence-electron chi connectivity index (χ3n) is 3.26. The molecule has 3 nitrogen and oxygen atoms in total. The second kappa shape index (κ2) is 5.92. The standard InChI is InChI=1S/C14H21NO2/c1-3-13-9-12(7-8-17-13)15-11-5-4-6-14(10-11)16-2/h4-6,10,12-13,15H,3,7-9H2,1-2H3. The molecular weight excluding hydrogens is 214 g/mol. The molecule has 1 aromatic rings. The molecule has 0 saturated carbocycles. The Kier molecular flexibility index (Phi) is 4.26. The average molecular weight is 235 g/mol. The molecule has 2 atom stereocenters. The normalized spacial score (nSPS) is 24.4. The highest BCUT2D eigenvalue weighted by Gasteiger charge is 2.20. The van der Waals surface area contributed by atoms with Crippen molar-refractivity contribution in [3.8, 4) is 5.75 Å². The molecule has 0 bridgehead atoms. The van der Waals surface area contributed by atoms with E-state index in [1.807, 2.05) is 18.2 Å². The minimum absolute atomic E-state index is 0.409. The molecule has 0 aliphatic carbocycles. The molecule has 1 fully saturated rings. The monoisotopic (exact) mass is 235 g/mol. The molecular formula is C14H21NO2. The van der Waals surface area contributed by atoms with Crippen LogP contribution < -0.4 is 10.1 Å². The Morgan fingerprint density at radius 3 is 3.12 bits per heavy atom. The zero-order chi connectivity index (χ0) is 12.1. The molecule has 1 aliphatic rings. The van der Waals surface area contributed by atoms with Gasteiger partial charge in [-0.15, -0.1) is 0 Å². The first kappa shape index (κ1) is 12.2. The molecule has 0 amide bonds. The number of methoxy groups -OCH3 is 1. The van der Waals surface area contributed by atoms with E-state index in [2.05, 4.69) is 18.3 Å². The minimum atomic E-state index is 0.409. The van der Waals surface area contributed by atoms with Crippen molar-refractivity contribution < 1.29 is 9.47 Å². The summed E-state index contributed by atoms with van der Waals surface area (Å²) >= 11 is 0. The minimum Gasteiger partial charge on any atom is -0.497 e. The SMILES string of the molecule is CCC1CC(Nc2cccc(OC)c2)CCO1. The Bertz CT molecular complexity index is 354. The Labute approximate surface area is 103 Å². The highest BCUT2D eigenvalue weighted by molar-refractivity contribution is 5.48. The predicted octanol–water partition coefficient (Wildman–Crippen LogP) is 3.06. The van der Waals surface area contributed by atoms with E-state index in [9.17, 15) is 0 Å². The quantitative estimate of drug-likeness (QED) is 0.870. The summed E-state index contributed by atoms with van der Waals surface area (Å²) in [5, 5.41) is 3.56. The van der Waals surface area contributed by atoms with Crippen LogP contribution >= 0.6 is 0 Å². The van der Waals surface area contributed by atoms with Crippen LogP contribution in [0.4, 0.5) is 5.69 Å². The summed E-state index contributed by atoms with van der Waals surface area (Å²) in [6, 6.07) is 8.61. The van der Waals surface area contributed by atoms with Crippen LogP contribution in [-0.2, 0) is 4.74 Å². The summed E-state index contributed by atoms with van der Waals surface area (Å²) in [4.78, 5) is 0. The van der Waals surface area contributed by atoms with Crippen LogP contribution in [0, 0.1) is 0 Å². The van der Waals surface area contributed by atoms with E-state index >= 15 is 0 Å². The molecule has 17 heavy (non-hydrogen) atoms. The first-order chi connectivity index (χ1) is 8.31. The van der Waals surface area contributed by atoms with Crippen LogP contribution in [0.3, 0.4) is 0 Å². The summed E-state index contributed by atoms with van der Waals surface area (Å²) in [6.45, 7) is 3.04. The third kappa shape index (κ3) is 3.37. The number of anilines is 1. The predicted molar refractivity (Wildman–Crippen MR) is 69.7 cm³/mol. The largest absolute Gasteiger partial charge is 0.497 e. The summed E-state index contributed by atoms with van der Waals surface area (Å²) < 4.78 is 10.9. The first-order valence-electron chi connectivity index (χ1n) is 6.34. The second-order valence-corrected chi connectivity index (χ2v) is 4.50. The summed E-state index contributed by atoms with van der Waals surface area (Å²) in [5.74, 6) is 0.897. The van der Waals surface area contributed by atoms with Gasteiger partial charge in [-0.05, 0) is 31.4 Å². The molecule has 1 aromatic carbocycles. The molecule has 1 N–H and O–H groups in total. The number of rotatable bonds is 4. The van der Waals surface area contributed by atoms with Crippen molar-refractivity contribution in [3.05, 3.63) is 24.3 Å². The maximum absolute atomic E-state index is 5.68. The van der Waals surface area contributed by atoms with E-state index in [4.69, 9.17) is 9.47 Å². The lowest BCUT2D eigenvalue weighted by Gasteiger charge is -2.30. The highest BCUT2D eigenvalue weighted by Crippen LogP contribution is 2.22. The van der Waals surface area contributed by atoms with Crippen LogP contribution in [-0.4, -0.2) is 25.9 Å². The van der Waals surface area contributed by atoms with E-state index in [0.29, 0.717) is 12.1 Å². The van der Waals surface area contributed by atoms with Crippen molar-refractivity contribution >= 4 is 5.69 Å². The Balaban J connectivity index is 1.95. The molecule has 1 saturated heterocycles. The maximum atomic E-state index is 5.68. The van der Waals surface area contributed by atoms with E-state index in [-0.39, 0.29) is 0 Å². The second-order valence-electron chi connectivity index (χ2n) is 4.50. The van der Waals surface area contributed by atoms with E-state index < -0.39 is 0 Å². The van der Waals surface area contributed by atoms with Crippen molar-refractivity contribution in [2.45, 2.75) is 38.3 Å². The van der Waals surface area contributed by atoms with Gasteiger partial charge in [-0.2, -0.15) is 0 Å². The van der Waals surface area contributed by atoms with E-state index in [0.717, 1.165) is 37.3 Å². The van der Waals surface area contributed by atoms with Crippen molar-refractivity contribution in [3.63, 3.8) is 0 Å². The van der Waals surface area contributed by atoms with Gasteiger partial charge >= 0.3 is 0 Å². The Morgan fingerprint density at radius 1 is 1.47 bits per heavy atom. The van der Waals surface area contributed by atoms with Crippen LogP contribution in [0.15, 0.2) is 24.3 Å². The van der Waals surface area contributed by atoms with Gasteiger partial charge in [-0.25, -0.2) is 0 Å². The maximum Gasteiger partial charge on any atom is 0.120 e. The van der Waals surface area contributed by atoms with Gasteiger partial charge in [0.05, 0.1) is 13.2 Å². The van der Waals surface area contributed by atoms with Gasteiger partial charge in [0.2, 0.25) is 0 Å². The van der Waals surface area contributed by atoms with Gasteiger partial charge in [0.25, 0.3) is 0 Å². The molecule has 2 rings (SSSR count). The lowest BCUT2D eigenvalue weighted by atomic mass is 10.0. The molecule has 1 heterocycles. The van der Waals surface area contributed by atoms with Gasteiger partial charge < -0.3 is 14.8 Å². The molecule has 3 heteroatoms. The fraction of sp³-hybridized carbons (Fsp3) is 0.571. The Morgan fingerprint density at radius 2 is 2.35 bits per heavy atom. The molecule has 94 valence electrons. The summed E-state index contributed by atoms with van der Waals surface area (Å²) in [5.41, 5.74) is 1.13. The number of hydrogen-bond donors (Lipinski definition) is 1. The van der Waals surface area contributed by atoms with Gasteiger partial charge in [0.1, 0.15) is 5.75 Å². The van der Waals surface area contributed by atoms with Crippen molar-refractivity contribution in [1.82, 2.24) is 0 Å². The number of nitrogens with one attached hydrogen (secondary N) is 1. The topological polar surface area (TPSA) is 30.5 Å². The molecule has 2 unspecified atom stereocenters. The smallest absolute Gasteiger partial charge is 0.120 e. The van der Waals surface area contributed by atoms with Crippen molar-refractivity contribution in [2.75, 3.05) is 19.0 Å². The molecule has 0 spiro atoms. The fourth-order valence-corrected chi connectivity index (χ4v) is 2.24. The summed E-state index contributed by atoms with van der Waals surface area (Å²) in [7, 11) is 1.70. The number of benzene rings is 1. The van der Waals surface area contributed by atoms with Gasteiger partial charge in [0, 0.05) is 24.4 Å². The number of hydrogen-bond acceptors (Lipinski definition) is 3.